The lowest BCUT2D eigenvalue weighted by Gasteiger charge is -2.07. The number of hydrogen-bond acceptors (Lipinski definition) is 4. The van der Waals surface area contributed by atoms with Crippen molar-refractivity contribution >= 4 is 33.0 Å². The minimum absolute atomic E-state index is 0.0767. The fraction of sp³-hybridized carbons (Fsp3) is 0.0714. The van der Waals surface area contributed by atoms with E-state index >= 15 is 0 Å². The highest BCUT2D eigenvalue weighted by atomic mass is 35.5. The SMILES string of the molecule is CS(=O)(=O)c1ccc(C(=O)Nc2ccc(O)c(Cl)c2)cc1. The molecule has 0 radical (unpaired) electrons. The van der Waals surface area contributed by atoms with Gasteiger partial charge >= 0.3 is 0 Å². The van der Waals surface area contributed by atoms with Gasteiger partial charge in [0.2, 0.25) is 0 Å². The molecule has 0 aliphatic heterocycles. The molecule has 0 atom stereocenters. The summed E-state index contributed by atoms with van der Waals surface area (Å²) >= 11 is 5.75. The van der Waals surface area contributed by atoms with Crippen molar-refractivity contribution in [1.82, 2.24) is 0 Å². The van der Waals surface area contributed by atoms with E-state index in [1.807, 2.05) is 0 Å². The highest BCUT2D eigenvalue weighted by Crippen LogP contribution is 2.26. The van der Waals surface area contributed by atoms with Crippen LogP contribution >= 0.6 is 11.6 Å². The summed E-state index contributed by atoms with van der Waals surface area (Å²) in [7, 11) is -3.29. The van der Waals surface area contributed by atoms with Crippen LogP contribution in [0.2, 0.25) is 5.02 Å². The lowest BCUT2D eigenvalue weighted by molar-refractivity contribution is 0.102. The van der Waals surface area contributed by atoms with Crippen molar-refractivity contribution in [3.8, 4) is 5.75 Å². The molecule has 2 aromatic carbocycles. The van der Waals surface area contributed by atoms with Gasteiger partial charge in [0.15, 0.2) is 9.84 Å². The van der Waals surface area contributed by atoms with E-state index in [4.69, 9.17) is 11.6 Å². The summed E-state index contributed by atoms with van der Waals surface area (Å²) in [4.78, 5) is 12.2. The molecule has 0 aliphatic carbocycles. The Morgan fingerprint density at radius 1 is 1.14 bits per heavy atom. The monoisotopic (exact) mass is 325 g/mol. The normalized spacial score (nSPS) is 11.1. The number of aromatic hydroxyl groups is 1. The predicted octanol–water partition coefficient (Wildman–Crippen LogP) is 2.70. The standard InChI is InChI=1S/C14H12ClNO4S/c1-21(19,20)11-5-2-9(3-6-11)14(18)16-10-4-7-13(17)12(15)8-10/h2-8,17H,1H3,(H,16,18). The van der Waals surface area contributed by atoms with Crippen LogP contribution in [0.1, 0.15) is 10.4 Å². The lowest BCUT2D eigenvalue weighted by atomic mass is 10.2. The first-order valence-electron chi connectivity index (χ1n) is 5.87. The van der Waals surface area contributed by atoms with Gasteiger partial charge in [-0.05, 0) is 42.5 Å². The largest absolute Gasteiger partial charge is 0.506 e. The number of amides is 1. The van der Waals surface area contributed by atoms with Gasteiger partial charge in [-0.3, -0.25) is 4.79 Å². The Labute approximate surface area is 127 Å². The van der Waals surface area contributed by atoms with Gasteiger partial charge in [0, 0.05) is 17.5 Å². The first-order valence-corrected chi connectivity index (χ1v) is 8.14. The third kappa shape index (κ3) is 3.74. The fourth-order valence-corrected chi connectivity index (χ4v) is 2.45. The van der Waals surface area contributed by atoms with Gasteiger partial charge < -0.3 is 10.4 Å². The molecule has 0 spiro atoms. The number of rotatable bonds is 3. The van der Waals surface area contributed by atoms with Crippen LogP contribution in [-0.2, 0) is 9.84 Å². The van der Waals surface area contributed by atoms with Gasteiger partial charge in [-0.2, -0.15) is 0 Å². The van der Waals surface area contributed by atoms with Gasteiger partial charge in [0.25, 0.3) is 5.91 Å². The Bertz CT molecular complexity index is 785. The summed E-state index contributed by atoms with van der Waals surface area (Å²) in [6.07, 6.45) is 1.10. The van der Waals surface area contributed by atoms with E-state index in [2.05, 4.69) is 5.32 Å². The van der Waals surface area contributed by atoms with Crippen molar-refractivity contribution in [2.45, 2.75) is 4.90 Å². The first kappa shape index (κ1) is 15.3. The third-order valence-electron chi connectivity index (χ3n) is 2.75. The maximum atomic E-state index is 12.0. The Hall–Kier alpha value is -2.05. The zero-order chi connectivity index (χ0) is 15.6. The molecule has 0 unspecified atom stereocenters. The molecule has 0 aliphatic rings. The molecule has 0 saturated carbocycles. The maximum Gasteiger partial charge on any atom is 0.255 e. The summed E-state index contributed by atoms with van der Waals surface area (Å²) in [5.74, 6) is -0.482. The molecule has 5 nitrogen and oxygen atoms in total. The van der Waals surface area contributed by atoms with Crippen molar-refractivity contribution in [1.29, 1.82) is 0 Å². The average molecular weight is 326 g/mol. The second-order valence-electron chi connectivity index (χ2n) is 4.42. The van der Waals surface area contributed by atoms with E-state index in [0.717, 1.165) is 6.26 Å². The van der Waals surface area contributed by atoms with Gasteiger partial charge in [0.1, 0.15) is 5.75 Å². The number of benzene rings is 2. The summed E-state index contributed by atoms with van der Waals surface area (Å²) in [5, 5.41) is 12.0. The molecule has 2 N–H and O–H groups in total. The van der Waals surface area contributed by atoms with Crippen LogP contribution in [0.4, 0.5) is 5.69 Å². The quantitative estimate of drug-likeness (QED) is 0.850. The predicted molar refractivity (Wildman–Crippen MR) is 80.6 cm³/mol. The molecule has 0 fully saturated rings. The Kier molecular flexibility index (Phi) is 4.20. The van der Waals surface area contributed by atoms with Crippen LogP contribution in [0.15, 0.2) is 47.4 Å². The van der Waals surface area contributed by atoms with Gasteiger partial charge in [-0.15, -0.1) is 0 Å². The molecule has 21 heavy (non-hydrogen) atoms. The van der Waals surface area contributed by atoms with Gasteiger partial charge in [-0.1, -0.05) is 11.6 Å². The minimum Gasteiger partial charge on any atom is -0.506 e. The zero-order valence-corrected chi connectivity index (χ0v) is 12.6. The highest BCUT2D eigenvalue weighted by molar-refractivity contribution is 7.90. The van der Waals surface area contributed by atoms with E-state index in [1.54, 1.807) is 0 Å². The van der Waals surface area contributed by atoms with Crippen LogP contribution in [0.25, 0.3) is 0 Å². The van der Waals surface area contributed by atoms with Crippen molar-refractivity contribution in [2.75, 3.05) is 11.6 Å². The number of sulfone groups is 1. The van der Waals surface area contributed by atoms with Crippen LogP contribution in [0.3, 0.4) is 0 Å². The summed E-state index contributed by atoms with van der Waals surface area (Å²) in [6, 6.07) is 9.87. The second-order valence-corrected chi connectivity index (χ2v) is 6.84. The molecule has 0 bridgehead atoms. The molecule has 110 valence electrons. The lowest BCUT2D eigenvalue weighted by Crippen LogP contribution is -2.12. The van der Waals surface area contributed by atoms with Crippen molar-refractivity contribution in [3.05, 3.63) is 53.1 Å². The number of hydrogen-bond donors (Lipinski definition) is 2. The molecule has 0 heterocycles. The summed E-state index contributed by atoms with van der Waals surface area (Å²) < 4.78 is 22.7. The molecule has 7 heteroatoms. The fourth-order valence-electron chi connectivity index (χ4n) is 1.64. The number of carbonyl (C=O) groups is 1. The van der Waals surface area contributed by atoms with E-state index < -0.39 is 15.7 Å². The van der Waals surface area contributed by atoms with Crippen LogP contribution in [0.5, 0.6) is 5.75 Å². The van der Waals surface area contributed by atoms with Gasteiger partial charge in [-0.25, -0.2) is 8.42 Å². The molecule has 0 aromatic heterocycles. The first-order chi connectivity index (χ1) is 9.77. The van der Waals surface area contributed by atoms with E-state index in [9.17, 15) is 18.3 Å². The number of phenols is 1. The van der Waals surface area contributed by atoms with Crippen molar-refractivity contribution in [2.24, 2.45) is 0 Å². The minimum atomic E-state index is -3.29. The van der Waals surface area contributed by atoms with E-state index in [-0.39, 0.29) is 15.7 Å². The molecule has 2 rings (SSSR count). The Morgan fingerprint density at radius 2 is 1.76 bits per heavy atom. The molecule has 1 amide bonds. The molecule has 0 saturated heterocycles. The number of carbonyl (C=O) groups excluding carboxylic acids is 1. The summed E-state index contributed by atoms with van der Waals surface area (Å²) in [5.41, 5.74) is 0.738. The van der Waals surface area contributed by atoms with Crippen LogP contribution in [-0.4, -0.2) is 25.7 Å². The molecular weight excluding hydrogens is 314 g/mol. The van der Waals surface area contributed by atoms with Crippen molar-refractivity contribution in [3.63, 3.8) is 0 Å². The average Bonchev–Trinajstić information content (AvgIpc) is 2.42. The van der Waals surface area contributed by atoms with Crippen LogP contribution in [0, 0.1) is 0 Å². The summed E-state index contributed by atoms with van der Waals surface area (Å²) in [6.45, 7) is 0. The number of anilines is 1. The smallest absolute Gasteiger partial charge is 0.255 e. The topological polar surface area (TPSA) is 83.5 Å². The van der Waals surface area contributed by atoms with Crippen molar-refractivity contribution < 1.29 is 18.3 Å². The number of nitrogens with one attached hydrogen (secondary N) is 1. The van der Waals surface area contributed by atoms with Gasteiger partial charge in [0.05, 0.1) is 9.92 Å². The number of phenolic OH excluding ortho intramolecular Hbond substituents is 1. The number of halogens is 1. The second kappa shape index (κ2) is 5.75. The van der Waals surface area contributed by atoms with E-state index in [1.165, 1.54) is 42.5 Å². The third-order valence-corrected chi connectivity index (χ3v) is 4.18. The maximum absolute atomic E-state index is 12.0. The van der Waals surface area contributed by atoms with E-state index in [0.29, 0.717) is 11.3 Å². The molecular formula is C14H12ClNO4S. The van der Waals surface area contributed by atoms with Crippen LogP contribution < -0.4 is 5.32 Å². The Morgan fingerprint density at radius 3 is 2.29 bits per heavy atom. The highest BCUT2D eigenvalue weighted by Gasteiger charge is 2.10. The zero-order valence-electron chi connectivity index (χ0n) is 11.0. The Balaban J connectivity index is 2.18. The molecule has 2 aromatic rings.